The van der Waals surface area contributed by atoms with Crippen LogP contribution >= 0.6 is 0 Å². The average molecular weight is 244 g/mol. The van der Waals surface area contributed by atoms with Crippen LogP contribution in [0.1, 0.15) is 40.0 Å². The number of nitrogens with one attached hydrogen (secondary N) is 1. The van der Waals surface area contributed by atoms with Gasteiger partial charge in [0.25, 0.3) is 0 Å². The van der Waals surface area contributed by atoms with Crippen LogP contribution in [0.15, 0.2) is 0 Å². The molecule has 0 aliphatic carbocycles. The van der Waals surface area contributed by atoms with E-state index < -0.39 is 18.1 Å². The molecule has 0 rings (SSSR count). The first-order valence-electron chi connectivity index (χ1n) is 6.14. The zero-order valence-corrected chi connectivity index (χ0v) is 11.2. The molecule has 2 atom stereocenters. The molecule has 100 valence electrons. The Hall–Kier alpha value is -1.10. The molecule has 0 heterocycles. The Morgan fingerprint density at radius 2 is 1.82 bits per heavy atom. The van der Waals surface area contributed by atoms with E-state index in [9.17, 15) is 9.59 Å². The molecule has 0 aromatic heterocycles. The largest absolute Gasteiger partial charge is 0.480 e. The molecule has 0 fully saturated rings. The third-order valence-electron chi connectivity index (χ3n) is 3.04. The van der Waals surface area contributed by atoms with Crippen molar-refractivity contribution >= 4 is 11.9 Å². The summed E-state index contributed by atoms with van der Waals surface area (Å²) in [7, 11) is 1.65. The van der Waals surface area contributed by atoms with E-state index in [1.807, 2.05) is 0 Å². The van der Waals surface area contributed by atoms with E-state index in [0.717, 1.165) is 19.3 Å². The van der Waals surface area contributed by atoms with Gasteiger partial charge in [0.05, 0.1) is 6.04 Å². The van der Waals surface area contributed by atoms with Crippen LogP contribution in [0.4, 0.5) is 0 Å². The minimum Gasteiger partial charge on any atom is -0.480 e. The van der Waals surface area contributed by atoms with Crippen LogP contribution in [0.3, 0.4) is 0 Å². The van der Waals surface area contributed by atoms with E-state index in [2.05, 4.69) is 12.2 Å². The van der Waals surface area contributed by atoms with Gasteiger partial charge < -0.3 is 10.4 Å². The molecule has 2 unspecified atom stereocenters. The molecule has 0 spiro atoms. The molecule has 1 amide bonds. The Bertz CT molecular complexity index is 256. The van der Waals surface area contributed by atoms with Gasteiger partial charge in [-0.05, 0) is 27.3 Å². The number of carboxylic acid groups (broad SMARTS) is 1. The highest BCUT2D eigenvalue weighted by atomic mass is 16.4. The molecule has 0 saturated heterocycles. The normalized spacial score (nSPS) is 14.4. The molecule has 5 heteroatoms. The number of hydrogen-bond acceptors (Lipinski definition) is 3. The van der Waals surface area contributed by atoms with Crippen molar-refractivity contribution in [1.82, 2.24) is 10.2 Å². The summed E-state index contributed by atoms with van der Waals surface area (Å²) in [4.78, 5) is 24.1. The Morgan fingerprint density at radius 1 is 1.24 bits per heavy atom. The topological polar surface area (TPSA) is 69.6 Å². The van der Waals surface area contributed by atoms with Crippen LogP contribution in [0.25, 0.3) is 0 Å². The number of amides is 1. The standard InChI is InChI=1S/C12H24N2O3/c1-5-6-7-8-13-11(15)9(2)14(4)10(3)12(16)17/h9-10H,5-8H2,1-4H3,(H,13,15)(H,16,17). The van der Waals surface area contributed by atoms with Gasteiger partial charge in [0.1, 0.15) is 6.04 Å². The summed E-state index contributed by atoms with van der Waals surface area (Å²) in [5.41, 5.74) is 0. The first-order chi connectivity index (χ1) is 7.91. The Morgan fingerprint density at radius 3 is 2.29 bits per heavy atom. The predicted molar refractivity (Wildman–Crippen MR) is 66.9 cm³/mol. The van der Waals surface area contributed by atoms with Crippen molar-refractivity contribution in [2.24, 2.45) is 0 Å². The molecular weight excluding hydrogens is 220 g/mol. The lowest BCUT2D eigenvalue weighted by Gasteiger charge is -2.27. The highest BCUT2D eigenvalue weighted by Crippen LogP contribution is 2.03. The van der Waals surface area contributed by atoms with Crippen molar-refractivity contribution in [3.05, 3.63) is 0 Å². The van der Waals surface area contributed by atoms with E-state index in [0.29, 0.717) is 6.54 Å². The maximum absolute atomic E-state index is 11.7. The second kappa shape index (κ2) is 8.06. The summed E-state index contributed by atoms with van der Waals surface area (Å²) in [5, 5.41) is 11.7. The summed E-state index contributed by atoms with van der Waals surface area (Å²) in [5.74, 6) is -1.03. The lowest BCUT2D eigenvalue weighted by molar-refractivity contribution is -0.143. The summed E-state index contributed by atoms with van der Waals surface area (Å²) in [6, 6.07) is -1.09. The molecule has 0 saturated carbocycles. The van der Waals surface area contributed by atoms with Crippen LogP contribution in [0, 0.1) is 0 Å². The second-order valence-corrected chi connectivity index (χ2v) is 4.35. The van der Waals surface area contributed by atoms with Gasteiger partial charge in [-0.25, -0.2) is 0 Å². The number of nitrogens with zero attached hydrogens (tertiary/aromatic N) is 1. The fourth-order valence-corrected chi connectivity index (χ4v) is 1.43. The Kier molecular flexibility index (Phi) is 7.54. The molecule has 5 nitrogen and oxygen atoms in total. The Labute approximate surface area is 103 Å². The fraction of sp³-hybridized carbons (Fsp3) is 0.833. The molecule has 17 heavy (non-hydrogen) atoms. The van der Waals surface area contributed by atoms with Crippen molar-refractivity contribution in [3.63, 3.8) is 0 Å². The summed E-state index contributed by atoms with van der Waals surface area (Å²) < 4.78 is 0. The maximum atomic E-state index is 11.7. The minimum atomic E-state index is -0.918. The number of unbranched alkanes of at least 4 members (excludes halogenated alkanes) is 2. The van der Waals surface area contributed by atoms with Gasteiger partial charge in [-0.3, -0.25) is 14.5 Å². The number of carboxylic acids is 1. The van der Waals surface area contributed by atoms with Crippen molar-refractivity contribution in [1.29, 1.82) is 0 Å². The highest BCUT2D eigenvalue weighted by Gasteiger charge is 2.25. The maximum Gasteiger partial charge on any atom is 0.320 e. The van der Waals surface area contributed by atoms with Gasteiger partial charge >= 0.3 is 5.97 Å². The molecule has 0 aliphatic heterocycles. The van der Waals surface area contributed by atoms with Gasteiger partial charge in [-0.1, -0.05) is 19.8 Å². The molecule has 0 aliphatic rings. The molecular formula is C12H24N2O3. The molecule has 0 aromatic carbocycles. The fourth-order valence-electron chi connectivity index (χ4n) is 1.43. The number of carbonyl (C=O) groups excluding carboxylic acids is 1. The van der Waals surface area contributed by atoms with Crippen LogP contribution in [-0.4, -0.2) is 47.6 Å². The number of carbonyl (C=O) groups is 2. The molecule has 0 aromatic rings. The lowest BCUT2D eigenvalue weighted by atomic mass is 10.2. The quantitative estimate of drug-likeness (QED) is 0.627. The summed E-state index contributed by atoms with van der Waals surface area (Å²) in [6.07, 6.45) is 3.17. The molecule has 0 radical (unpaired) electrons. The number of likely N-dealkylation sites (N-methyl/N-ethyl adjacent to an activating group) is 1. The average Bonchev–Trinajstić information content (AvgIpc) is 2.31. The van der Waals surface area contributed by atoms with Crippen LogP contribution < -0.4 is 5.32 Å². The molecule has 2 N–H and O–H groups in total. The van der Waals surface area contributed by atoms with Crippen LogP contribution in [0.2, 0.25) is 0 Å². The van der Waals surface area contributed by atoms with Gasteiger partial charge in [-0.15, -0.1) is 0 Å². The van der Waals surface area contributed by atoms with E-state index in [-0.39, 0.29) is 5.91 Å². The Balaban J connectivity index is 4.07. The van der Waals surface area contributed by atoms with E-state index in [4.69, 9.17) is 5.11 Å². The number of rotatable bonds is 8. The minimum absolute atomic E-state index is 0.114. The van der Waals surface area contributed by atoms with Gasteiger partial charge in [0, 0.05) is 6.54 Å². The zero-order chi connectivity index (χ0) is 13.4. The SMILES string of the molecule is CCCCCNC(=O)C(C)N(C)C(C)C(=O)O. The van der Waals surface area contributed by atoms with Gasteiger partial charge in [-0.2, -0.15) is 0 Å². The van der Waals surface area contributed by atoms with Gasteiger partial charge in [0.15, 0.2) is 0 Å². The van der Waals surface area contributed by atoms with Crippen molar-refractivity contribution in [2.45, 2.75) is 52.1 Å². The smallest absolute Gasteiger partial charge is 0.320 e. The van der Waals surface area contributed by atoms with Crippen molar-refractivity contribution in [2.75, 3.05) is 13.6 Å². The van der Waals surface area contributed by atoms with Crippen LogP contribution in [-0.2, 0) is 9.59 Å². The highest BCUT2D eigenvalue weighted by molar-refractivity contribution is 5.82. The number of hydrogen-bond donors (Lipinski definition) is 2. The zero-order valence-electron chi connectivity index (χ0n) is 11.2. The summed E-state index contributed by atoms with van der Waals surface area (Å²) in [6.45, 7) is 6.05. The third kappa shape index (κ3) is 5.68. The second-order valence-electron chi connectivity index (χ2n) is 4.35. The first-order valence-corrected chi connectivity index (χ1v) is 6.14. The number of aliphatic carboxylic acids is 1. The lowest BCUT2D eigenvalue weighted by Crippen LogP contribution is -2.49. The van der Waals surface area contributed by atoms with E-state index >= 15 is 0 Å². The van der Waals surface area contributed by atoms with Gasteiger partial charge in [0.2, 0.25) is 5.91 Å². The van der Waals surface area contributed by atoms with Crippen molar-refractivity contribution in [3.8, 4) is 0 Å². The molecule has 0 bridgehead atoms. The first kappa shape index (κ1) is 15.9. The third-order valence-corrected chi connectivity index (χ3v) is 3.04. The van der Waals surface area contributed by atoms with E-state index in [1.54, 1.807) is 25.8 Å². The van der Waals surface area contributed by atoms with Crippen molar-refractivity contribution < 1.29 is 14.7 Å². The monoisotopic (exact) mass is 244 g/mol. The van der Waals surface area contributed by atoms with E-state index in [1.165, 1.54) is 0 Å². The van der Waals surface area contributed by atoms with Crippen LogP contribution in [0.5, 0.6) is 0 Å². The summed E-state index contributed by atoms with van der Waals surface area (Å²) >= 11 is 0. The predicted octanol–water partition coefficient (Wildman–Crippen LogP) is 1.09.